The summed E-state index contributed by atoms with van der Waals surface area (Å²) in [6, 6.07) is 15.9. The number of nitrogens with one attached hydrogen (secondary N) is 1. The summed E-state index contributed by atoms with van der Waals surface area (Å²) >= 11 is 11.9. The van der Waals surface area contributed by atoms with Gasteiger partial charge in [0.05, 0.1) is 17.7 Å². The van der Waals surface area contributed by atoms with Crippen LogP contribution in [0.2, 0.25) is 10.0 Å². The molecule has 1 N–H and O–H groups in total. The number of benzene rings is 2. The molecule has 196 valence electrons. The highest BCUT2D eigenvalue weighted by Gasteiger charge is 2.26. The van der Waals surface area contributed by atoms with Crippen LogP contribution >= 0.6 is 23.2 Å². The number of halogens is 2. The summed E-state index contributed by atoms with van der Waals surface area (Å²) in [5.74, 6) is -0.943. The first kappa shape index (κ1) is 28.4. The van der Waals surface area contributed by atoms with Gasteiger partial charge in [-0.15, -0.1) is 0 Å². The van der Waals surface area contributed by atoms with Crippen LogP contribution < -0.4 is 5.43 Å². The summed E-state index contributed by atoms with van der Waals surface area (Å²) in [5, 5.41) is 4.72. The summed E-state index contributed by atoms with van der Waals surface area (Å²) in [6.45, 7) is 4.33. The highest BCUT2D eigenvalue weighted by molar-refractivity contribution is 7.89. The predicted octanol–water partition coefficient (Wildman–Crippen LogP) is 4.30. The fraction of sp³-hybridized carbons (Fsp3) is 0.240. The van der Waals surface area contributed by atoms with E-state index in [4.69, 9.17) is 27.6 Å². The number of rotatable bonds is 10. The summed E-state index contributed by atoms with van der Waals surface area (Å²) in [4.78, 5) is 25.4. The van der Waals surface area contributed by atoms with E-state index in [-0.39, 0.29) is 23.7 Å². The molecule has 0 atom stereocenters. The molecule has 9 nitrogen and oxygen atoms in total. The van der Waals surface area contributed by atoms with Crippen LogP contribution in [-0.2, 0) is 32.7 Å². The van der Waals surface area contributed by atoms with Gasteiger partial charge in [-0.05, 0) is 67.9 Å². The second-order valence-corrected chi connectivity index (χ2v) is 10.6. The van der Waals surface area contributed by atoms with E-state index < -0.39 is 21.8 Å². The molecular weight excluding hydrogens is 539 g/mol. The number of amides is 2. The standard InChI is InChI=1S/C25H26Cl2N4O5S/c1-3-30(4-2)25(33)24(32)29-28-15-21-11-12-22(36-21)17-31(16-18-5-7-19(26)8-6-18)37(34,35)23-13-9-20(27)10-14-23/h5-15H,3-4,16-17H2,1-2H3,(H,29,32)/b28-15+. The van der Waals surface area contributed by atoms with E-state index in [2.05, 4.69) is 10.5 Å². The molecule has 0 aliphatic heterocycles. The first-order valence-electron chi connectivity index (χ1n) is 11.3. The molecule has 12 heteroatoms. The normalized spacial score (nSPS) is 11.7. The number of hydrogen-bond acceptors (Lipinski definition) is 6. The predicted molar refractivity (Wildman–Crippen MR) is 142 cm³/mol. The number of likely N-dealkylation sites (N-methyl/N-ethyl adjacent to an activating group) is 1. The van der Waals surface area contributed by atoms with Crippen LogP contribution in [0.15, 0.2) is 75.1 Å². The topological polar surface area (TPSA) is 112 Å². The van der Waals surface area contributed by atoms with Crippen molar-refractivity contribution in [3.63, 3.8) is 0 Å². The molecule has 0 aliphatic carbocycles. The molecule has 37 heavy (non-hydrogen) atoms. The Morgan fingerprint density at radius 1 is 0.919 bits per heavy atom. The molecule has 1 heterocycles. The van der Waals surface area contributed by atoms with Crippen molar-refractivity contribution in [2.45, 2.75) is 31.8 Å². The van der Waals surface area contributed by atoms with E-state index in [1.165, 1.54) is 39.7 Å². The van der Waals surface area contributed by atoms with E-state index in [0.29, 0.717) is 28.9 Å². The molecule has 0 aliphatic rings. The van der Waals surface area contributed by atoms with Crippen LogP contribution in [0.3, 0.4) is 0 Å². The molecule has 0 saturated carbocycles. The molecule has 1 aromatic heterocycles. The van der Waals surface area contributed by atoms with Crippen LogP contribution in [0.25, 0.3) is 0 Å². The van der Waals surface area contributed by atoms with E-state index in [9.17, 15) is 18.0 Å². The first-order valence-corrected chi connectivity index (χ1v) is 13.5. The Bertz CT molecular complexity index is 1350. The lowest BCUT2D eigenvalue weighted by Crippen LogP contribution is -2.41. The molecule has 3 aromatic rings. The van der Waals surface area contributed by atoms with Crippen molar-refractivity contribution in [2.75, 3.05) is 13.1 Å². The van der Waals surface area contributed by atoms with Gasteiger partial charge in [0.1, 0.15) is 11.5 Å². The van der Waals surface area contributed by atoms with Gasteiger partial charge in [-0.25, -0.2) is 13.8 Å². The molecule has 0 bridgehead atoms. The highest BCUT2D eigenvalue weighted by atomic mass is 35.5. The minimum Gasteiger partial charge on any atom is -0.459 e. The lowest BCUT2D eigenvalue weighted by atomic mass is 10.2. The van der Waals surface area contributed by atoms with Crippen molar-refractivity contribution in [2.24, 2.45) is 5.10 Å². The van der Waals surface area contributed by atoms with Crippen molar-refractivity contribution in [1.82, 2.24) is 14.6 Å². The Labute approximate surface area is 225 Å². The second-order valence-electron chi connectivity index (χ2n) is 7.83. The van der Waals surface area contributed by atoms with Crippen LogP contribution in [0.5, 0.6) is 0 Å². The highest BCUT2D eigenvalue weighted by Crippen LogP contribution is 2.24. The zero-order valence-corrected chi connectivity index (χ0v) is 22.6. The lowest BCUT2D eigenvalue weighted by Gasteiger charge is -2.21. The molecule has 0 radical (unpaired) electrons. The SMILES string of the molecule is CCN(CC)C(=O)C(=O)N/N=C/c1ccc(CN(Cc2ccc(Cl)cc2)S(=O)(=O)c2ccc(Cl)cc2)o1. The van der Waals surface area contributed by atoms with Gasteiger partial charge in [-0.2, -0.15) is 9.41 Å². The fourth-order valence-electron chi connectivity index (χ4n) is 3.35. The molecular formula is C25H26Cl2N4O5S. The smallest absolute Gasteiger partial charge is 0.329 e. The zero-order chi connectivity index (χ0) is 27.0. The maximum absolute atomic E-state index is 13.4. The summed E-state index contributed by atoms with van der Waals surface area (Å²) in [5.41, 5.74) is 2.90. The molecule has 0 spiro atoms. The van der Waals surface area contributed by atoms with Gasteiger partial charge in [0.15, 0.2) is 0 Å². The van der Waals surface area contributed by atoms with Gasteiger partial charge in [0.2, 0.25) is 10.0 Å². The molecule has 2 aromatic carbocycles. The van der Waals surface area contributed by atoms with Crippen LogP contribution in [-0.4, -0.2) is 48.7 Å². The Hall–Kier alpha value is -3.18. The van der Waals surface area contributed by atoms with E-state index in [1.54, 1.807) is 50.2 Å². The van der Waals surface area contributed by atoms with Crippen LogP contribution in [0.4, 0.5) is 0 Å². The summed E-state index contributed by atoms with van der Waals surface area (Å²) in [6.07, 6.45) is 1.23. The number of hydrogen-bond donors (Lipinski definition) is 1. The third-order valence-corrected chi connectivity index (χ3v) is 7.65. The van der Waals surface area contributed by atoms with E-state index >= 15 is 0 Å². The fourth-order valence-corrected chi connectivity index (χ4v) is 5.00. The minimum atomic E-state index is -3.92. The maximum Gasteiger partial charge on any atom is 0.329 e. The quantitative estimate of drug-likeness (QED) is 0.224. The van der Waals surface area contributed by atoms with Crippen molar-refractivity contribution in [1.29, 1.82) is 0 Å². The molecule has 3 rings (SSSR count). The van der Waals surface area contributed by atoms with Gasteiger partial charge in [-0.3, -0.25) is 9.59 Å². The van der Waals surface area contributed by atoms with Gasteiger partial charge >= 0.3 is 11.8 Å². The Balaban J connectivity index is 1.77. The van der Waals surface area contributed by atoms with Gasteiger partial charge in [0.25, 0.3) is 0 Å². The summed E-state index contributed by atoms with van der Waals surface area (Å²) < 4.78 is 33.9. The van der Waals surface area contributed by atoms with Crippen LogP contribution in [0.1, 0.15) is 30.9 Å². The molecule has 0 unspecified atom stereocenters. The molecule has 0 saturated heterocycles. The number of carbonyl (C=O) groups is 2. The number of nitrogens with zero attached hydrogens (tertiary/aromatic N) is 3. The third kappa shape index (κ3) is 7.65. The van der Waals surface area contributed by atoms with E-state index in [0.717, 1.165) is 5.56 Å². The van der Waals surface area contributed by atoms with Gasteiger partial charge in [0, 0.05) is 29.7 Å². The third-order valence-electron chi connectivity index (χ3n) is 5.34. The number of carbonyl (C=O) groups excluding carboxylic acids is 2. The van der Waals surface area contributed by atoms with Crippen molar-refractivity contribution < 1.29 is 22.4 Å². The maximum atomic E-state index is 13.4. The van der Waals surface area contributed by atoms with Crippen molar-refractivity contribution in [3.05, 3.63) is 87.8 Å². The van der Waals surface area contributed by atoms with Gasteiger partial charge in [-0.1, -0.05) is 35.3 Å². The van der Waals surface area contributed by atoms with Crippen molar-refractivity contribution >= 4 is 51.3 Å². The average molecular weight is 565 g/mol. The summed E-state index contributed by atoms with van der Waals surface area (Å²) in [7, 11) is -3.92. The number of furan rings is 1. The second kappa shape index (κ2) is 12.9. The minimum absolute atomic E-state index is 0.0653. The number of hydrazone groups is 1. The van der Waals surface area contributed by atoms with E-state index in [1.807, 2.05) is 0 Å². The first-order chi connectivity index (χ1) is 17.6. The average Bonchev–Trinajstić information content (AvgIpc) is 3.33. The van der Waals surface area contributed by atoms with Gasteiger partial charge < -0.3 is 9.32 Å². The zero-order valence-electron chi connectivity index (χ0n) is 20.2. The molecule has 0 fully saturated rings. The Morgan fingerprint density at radius 3 is 2.11 bits per heavy atom. The monoisotopic (exact) mass is 564 g/mol. The lowest BCUT2D eigenvalue weighted by molar-refractivity contribution is -0.145. The van der Waals surface area contributed by atoms with Crippen molar-refractivity contribution in [3.8, 4) is 0 Å². The van der Waals surface area contributed by atoms with Crippen LogP contribution in [0, 0.1) is 0 Å². The number of sulfonamides is 1. The Morgan fingerprint density at radius 2 is 1.51 bits per heavy atom. The molecule has 2 amide bonds. The largest absolute Gasteiger partial charge is 0.459 e. The Kier molecular flexibility index (Phi) is 9.87.